The minimum atomic E-state index is -3.69. The molecule has 0 bridgehead atoms. The lowest BCUT2D eigenvalue weighted by Gasteiger charge is -2.38. The van der Waals surface area contributed by atoms with E-state index in [0.29, 0.717) is 17.2 Å². The number of nitrogens with one attached hydrogen (secondary N) is 1. The van der Waals surface area contributed by atoms with Crippen molar-refractivity contribution in [3.63, 3.8) is 0 Å². The van der Waals surface area contributed by atoms with E-state index in [0.717, 1.165) is 24.2 Å². The molecule has 28 heavy (non-hydrogen) atoms. The van der Waals surface area contributed by atoms with Gasteiger partial charge in [0.2, 0.25) is 10.0 Å². The fourth-order valence-electron chi connectivity index (χ4n) is 4.41. The molecule has 3 aromatic rings. The Hall–Kier alpha value is -2.16. The summed E-state index contributed by atoms with van der Waals surface area (Å²) in [5.74, 6) is 0.922. The molecule has 9 heteroatoms. The maximum Gasteiger partial charge on any atom is 0.238 e. The van der Waals surface area contributed by atoms with E-state index in [1.54, 1.807) is 22.8 Å². The number of nitrogens with two attached hydrogens (primary N) is 1. The van der Waals surface area contributed by atoms with Gasteiger partial charge in [0.15, 0.2) is 5.65 Å². The Kier molecular flexibility index (Phi) is 3.94. The third-order valence-corrected chi connectivity index (χ3v) is 7.28. The first-order chi connectivity index (χ1) is 13.4. The Labute approximate surface area is 168 Å². The van der Waals surface area contributed by atoms with E-state index in [2.05, 4.69) is 10.4 Å². The maximum atomic E-state index is 11.4. The minimum Gasteiger partial charge on any atom is -0.366 e. The lowest BCUT2D eigenvalue weighted by atomic mass is 9.67. The molecule has 0 unspecified atom stereocenters. The number of hydrogen-bond acceptors (Lipinski definition) is 5. The molecular formula is C19H20ClN5O2S. The Morgan fingerprint density at radius 2 is 1.96 bits per heavy atom. The highest BCUT2D eigenvalue weighted by Gasteiger charge is 2.46. The van der Waals surface area contributed by atoms with Gasteiger partial charge >= 0.3 is 0 Å². The summed E-state index contributed by atoms with van der Waals surface area (Å²) < 4.78 is 24.6. The number of sulfonamides is 1. The van der Waals surface area contributed by atoms with Crippen LogP contribution in [0.5, 0.6) is 0 Å². The summed E-state index contributed by atoms with van der Waals surface area (Å²) in [7, 11) is -3.69. The van der Waals surface area contributed by atoms with Gasteiger partial charge in [0.05, 0.1) is 16.8 Å². The molecular weight excluding hydrogens is 398 g/mol. The summed E-state index contributed by atoms with van der Waals surface area (Å²) in [5.41, 5.74) is 4.22. The van der Waals surface area contributed by atoms with E-state index in [1.807, 2.05) is 0 Å². The Morgan fingerprint density at radius 1 is 1.21 bits per heavy atom. The molecule has 1 aromatic carbocycles. The number of fused-ring (bicyclic) bond motifs is 3. The highest BCUT2D eigenvalue weighted by atomic mass is 35.5. The lowest BCUT2D eigenvalue weighted by Crippen LogP contribution is -2.32. The SMILES string of the molecule is NS(=O)(=O)c1ccc(CNc2c3c(nc4c(Cl)cnn24)C2(CCC2)CC3)cc1. The van der Waals surface area contributed by atoms with Crippen molar-refractivity contribution < 1.29 is 8.42 Å². The van der Waals surface area contributed by atoms with Crippen LogP contribution in [0.2, 0.25) is 5.02 Å². The van der Waals surface area contributed by atoms with E-state index in [-0.39, 0.29) is 10.3 Å². The van der Waals surface area contributed by atoms with Crippen molar-refractivity contribution in [1.29, 1.82) is 0 Å². The molecule has 3 N–H and O–H groups in total. The zero-order valence-electron chi connectivity index (χ0n) is 15.2. The van der Waals surface area contributed by atoms with Gasteiger partial charge in [0.25, 0.3) is 0 Å². The van der Waals surface area contributed by atoms with Gasteiger partial charge in [-0.1, -0.05) is 30.2 Å². The molecule has 1 saturated carbocycles. The highest BCUT2D eigenvalue weighted by molar-refractivity contribution is 7.89. The van der Waals surface area contributed by atoms with Crippen LogP contribution in [-0.2, 0) is 28.4 Å². The zero-order chi connectivity index (χ0) is 19.5. The summed E-state index contributed by atoms with van der Waals surface area (Å²) in [6.07, 6.45) is 7.34. The molecule has 2 aromatic heterocycles. The van der Waals surface area contributed by atoms with E-state index in [1.165, 1.54) is 42.7 Å². The number of benzene rings is 1. The average Bonchev–Trinajstić information content (AvgIpc) is 3.20. The number of nitrogens with zero attached hydrogens (tertiary/aromatic N) is 3. The molecule has 146 valence electrons. The van der Waals surface area contributed by atoms with Crippen molar-refractivity contribution in [2.45, 2.75) is 49.0 Å². The van der Waals surface area contributed by atoms with Crippen LogP contribution < -0.4 is 10.5 Å². The normalized spacial score (nSPS) is 17.6. The van der Waals surface area contributed by atoms with Gasteiger partial charge in [0.1, 0.15) is 10.8 Å². The number of anilines is 1. The largest absolute Gasteiger partial charge is 0.366 e. The first-order valence-electron chi connectivity index (χ1n) is 9.30. The van der Waals surface area contributed by atoms with Crippen LogP contribution in [0.4, 0.5) is 5.82 Å². The van der Waals surface area contributed by atoms with Crippen LogP contribution in [0.3, 0.4) is 0 Å². The molecule has 1 fully saturated rings. The van der Waals surface area contributed by atoms with Crippen LogP contribution in [0.15, 0.2) is 35.4 Å². The molecule has 1 spiro atoms. The van der Waals surface area contributed by atoms with Crippen molar-refractivity contribution >= 4 is 33.1 Å². The molecule has 0 radical (unpaired) electrons. The second kappa shape index (κ2) is 6.17. The molecule has 7 nitrogen and oxygen atoms in total. The average molecular weight is 418 g/mol. The van der Waals surface area contributed by atoms with Gasteiger partial charge in [-0.05, 0) is 43.4 Å². The number of primary sulfonamides is 1. The number of rotatable bonds is 4. The summed E-state index contributed by atoms with van der Waals surface area (Å²) in [5, 5.41) is 13.6. The van der Waals surface area contributed by atoms with Crippen LogP contribution in [0.25, 0.3) is 5.65 Å². The fraction of sp³-hybridized carbons (Fsp3) is 0.368. The first-order valence-corrected chi connectivity index (χ1v) is 11.2. The maximum absolute atomic E-state index is 11.4. The minimum absolute atomic E-state index is 0.106. The van der Waals surface area contributed by atoms with Crippen molar-refractivity contribution in [2.24, 2.45) is 5.14 Å². The van der Waals surface area contributed by atoms with Crippen LogP contribution in [0.1, 0.15) is 42.5 Å². The fourth-order valence-corrected chi connectivity index (χ4v) is 5.09. The van der Waals surface area contributed by atoms with Crippen molar-refractivity contribution in [1.82, 2.24) is 14.6 Å². The second-order valence-corrected chi connectivity index (χ2v) is 9.66. The quantitative estimate of drug-likeness (QED) is 0.679. The third-order valence-electron chi connectivity index (χ3n) is 6.08. The Morgan fingerprint density at radius 3 is 2.61 bits per heavy atom. The monoisotopic (exact) mass is 417 g/mol. The van der Waals surface area contributed by atoms with Gasteiger partial charge in [-0.2, -0.15) is 9.61 Å². The van der Waals surface area contributed by atoms with Crippen LogP contribution >= 0.6 is 11.6 Å². The summed E-state index contributed by atoms with van der Waals surface area (Å²) in [6.45, 7) is 0.529. The smallest absolute Gasteiger partial charge is 0.238 e. The highest BCUT2D eigenvalue weighted by Crippen LogP contribution is 2.53. The first kappa shape index (κ1) is 17.9. The van der Waals surface area contributed by atoms with Crippen molar-refractivity contribution in [3.8, 4) is 0 Å². The molecule has 2 heterocycles. The van der Waals surface area contributed by atoms with E-state index in [9.17, 15) is 8.42 Å². The number of aromatic nitrogens is 3. The predicted octanol–water partition coefficient (Wildman–Crippen LogP) is 3.01. The number of hydrogen-bond donors (Lipinski definition) is 2. The van der Waals surface area contributed by atoms with Gasteiger partial charge in [-0.3, -0.25) is 0 Å². The summed E-state index contributed by atoms with van der Waals surface area (Å²) in [6, 6.07) is 6.56. The van der Waals surface area contributed by atoms with Gasteiger partial charge in [-0.15, -0.1) is 0 Å². The lowest BCUT2D eigenvalue weighted by molar-refractivity contribution is 0.238. The second-order valence-electron chi connectivity index (χ2n) is 7.69. The molecule has 0 saturated heterocycles. The van der Waals surface area contributed by atoms with Crippen molar-refractivity contribution in [2.75, 3.05) is 5.32 Å². The predicted molar refractivity (Wildman–Crippen MR) is 107 cm³/mol. The molecule has 5 rings (SSSR count). The Bertz CT molecular complexity index is 1180. The van der Waals surface area contributed by atoms with E-state index < -0.39 is 10.0 Å². The topological polar surface area (TPSA) is 102 Å². The summed E-state index contributed by atoms with van der Waals surface area (Å²) in [4.78, 5) is 5.00. The van der Waals surface area contributed by atoms with Crippen LogP contribution in [-0.4, -0.2) is 23.0 Å². The zero-order valence-corrected chi connectivity index (χ0v) is 16.7. The standard InChI is InChI=1S/C19H20ClN5O2S/c20-15-11-23-25-17(22-10-12-2-4-13(5-3-12)28(21,26)27)14-6-9-19(7-1-8-19)16(14)24-18(15)25/h2-5,11,22H,1,6-10H2,(H2,21,26,27). The van der Waals surface area contributed by atoms with Gasteiger partial charge in [0, 0.05) is 17.5 Å². The Balaban J connectivity index is 1.51. The third kappa shape index (κ3) is 2.70. The molecule has 0 aliphatic heterocycles. The van der Waals surface area contributed by atoms with E-state index >= 15 is 0 Å². The number of halogens is 1. The van der Waals surface area contributed by atoms with E-state index in [4.69, 9.17) is 21.7 Å². The van der Waals surface area contributed by atoms with Gasteiger partial charge < -0.3 is 5.32 Å². The van der Waals surface area contributed by atoms with Gasteiger partial charge in [-0.25, -0.2) is 18.5 Å². The molecule has 0 amide bonds. The summed E-state index contributed by atoms with van der Waals surface area (Å²) >= 11 is 6.34. The molecule has 0 atom stereocenters. The van der Waals surface area contributed by atoms with Crippen LogP contribution in [0, 0.1) is 0 Å². The molecule has 2 aliphatic rings. The van der Waals surface area contributed by atoms with Crippen molar-refractivity contribution in [3.05, 3.63) is 52.3 Å². The molecule has 2 aliphatic carbocycles.